The lowest BCUT2D eigenvalue weighted by Gasteiger charge is -2.26. The normalized spacial score (nSPS) is 18.5. The van der Waals surface area contributed by atoms with Crippen LogP contribution in [-0.4, -0.2) is 35.6 Å². The zero-order valence-corrected chi connectivity index (χ0v) is 11.1. The Kier molecular flexibility index (Phi) is 3.26. The Hall–Kier alpha value is -2.17. The number of nitrogens with zero attached hydrogens (tertiary/aromatic N) is 1. The third kappa shape index (κ3) is 2.43. The van der Waals surface area contributed by atoms with Gasteiger partial charge in [0.05, 0.1) is 0 Å². The van der Waals surface area contributed by atoms with Crippen molar-refractivity contribution in [1.82, 2.24) is 4.90 Å². The molecule has 3 rings (SSSR count). The van der Waals surface area contributed by atoms with Crippen LogP contribution in [-0.2, 0) is 16.0 Å². The van der Waals surface area contributed by atoms with Gasteiger partial charge in [-0.3, -0.25) is 14.4 Å². The summed E-state index contributed by atoms with van der Waals surface area (Å²) in [5.74, 6) is 0.213. The van der Waals surface area contributed by atoms with Crippen LogP contribution in [0.15, 0.2) is 18.2 Å². The van der Waals surface area contributed by atoms with Gasteiger partial charge in [0.25, 0.3) is 5.91 Å². The third-order valence-corrected chi connectivity index (χ3v) is 3.86. The fourth-order valence-electron chi connectivity index (χ4n) is 2.66. The highest BCUT2D eigenvalue weighted by Crippen LogP contribution is 2.24. The van der Waals surface area contributed by atoms with Crippen molar-refractivity contribution in [3.63, 3.8) is 0 Å². The quantitative estimate of drug-likeness (QED) is 0.839. The number of ketones is 1. The predicted octanol–water partition coefficient (Wildman–Crippen LogP) is 1.38. The Morgan fingerprint density at radius 1 is 1.05 bits per heavy atom. The summed E-state index contributed by atoms with van der Waals surface area (Å²) in [5.41, 5.74) is 2.43. The van der Waals surface area contributed by atoms with E-state index < -0.39 is 0 Å². The lowest BCUT2D eigenvalue weighted by atomic mass is 9.99. The minimum atomic E-state index is -0.0304. The summed E-state index contributed by atoms with van der Waals surface area (Å²) >= 11 is 0. The van der Waals surface area contributed by atoms with Crippen molar-refractivity contribution in [2.75, 3.05) is 18.4 Å². The van der Waals surface area contributed by atoms with E-state index in [-0.39, 0.29) is 17.6 Å². The number of aryl methyl sites for hydroxylation is 1. The van der Waals surface area contributed by atoms with Gasteiger partial charge in [0.15, 0.2) is 0 Å². The van der Waals surface area contributed by atoms with Crippen molar-refractivity contribution in [2.24, 2.45) is 0 Å². The van der Waals surface area contributed by atoms with Crippen molar-refractivity contribution in [2.45, 2.75) is 25.7 Å². The number of benzene rings is 1. The fourth-order valence-corrected chi connectivity index (χ4v) is 2.66. The second-order valence-electron chi connectivity index (χ2n) is 5.25. The number of piperidine rings is 1. The first-order valence-corrected chi connectivity index (χ1v) is 6.87. The van der Waals surface area contributed by atoms with E-state index in [2.05, 4.69) is 5.32 Å². The van der Waals surface area contributed by atoms with E-state index in [1.807, 2.05) is 6.07 Å². The smallest absolute Gasteiger partial charge is 0.253 e. The van der Waals surface area contributed by atoms with Crippen LogP contribution >= 0.6 is 0 Å². The Labute approximate surface area is 116 Å². The molecular weight excluding hydrogens is 256 g/mol. The fraction of sp³-hybridized carbons (Fsp3) is 0.400. The Morgan fingerprint density at radius 3 is 2.55 bits per heavy atom. The molecule has 2 aliphatic rings. The number of fused-ring (bicyclic) bond motifs is 1. The van der Waals surface area contributed by atoms with Gasteiger partial charge in [-0.25, -0.2) is 0 Å². The third-order valence-electron chi connectivity index (χ3n) is 3.86. The molecule has 1 N–H and O–H groups in total. The topological polar surface area (TPSA) is 66.5 Å². The van der Waals surface area contributed by atoms with Crippen LogP contribution in [0.4, 0.5) is 5.69 Å². The number of likely N-dealkylation sites (tertiary alicyclic amines) is 1. The first kappa shape index (κ1) is 12.8. The van der Waals surface area contributed by atoms with Crippen molar-refractivity contribution in [3.8, 4) is 0 Å². The molecule has 0 spiro atoms. The second kappa shape index (κ2) is 5.07. The van der Waals surface area contributed by atoms with Crippen molar-refractivity contribution >= 4 is 23.3 Å². The van der Waals surface area contributed by atoms with Crippen LogP contribution in [0.2, 0.25) is 0 Å². The zero-order chi connectivity index (χ0) is 14.1. The molecule has 5 nitrogen and oxygen atoms in total. The molecule has 1 aromatic rings. The maximum atomic E-state index is 12.4. The first-order valence-electron chi connectivity index (χ1n) is 6.87. The number of carbonyl (C=O) groups excluding carboxylic acids is 3. The van der Waals surface area contributed by atoms with Crippen molar-refractivity contribution < 1.29 is 14.4 Å². The molecule has 0 radical (unpaired) electrons. The molecule has 1 saturated heterocycles. The second-order valence-corrected chi connectivity index (χ2v) is 5.25. The van der Waals surface area contributed by atoms with Crippen LogP contribution in [0.1, 0.15) is 35.2 Å². The lowest BCUT2D eigenvalue weighted by Crippen LogP contribution is -2.38. The summed E-state index contributed by atoms with van der Waals surface area (Å²) in [5, 5.41) is 2.80. The standard InChI is InChI=1S/C15H16N2O3/c18-12-5-7-17(8-6-12)15(20)11-1-3-13-10(9-11)2-4-14(19)16-13/h1,3,9H,2,4-8H2,(H,16,19). The van der Waals surface area contributed by atoms with E-state index in [9.17, 15) is 14.4 Å². The summed E-state index contributed by atoms with van der Waals surface area (Å²) in [6.45, 7) is 1.01. The summed E-state index contributed by atoms with van der Waals surface area (Å²) in [6.07, 6.45) is 2.03. The van der Waals surface area contributed by atoms with Crippen LogP contribution in [0.5, 0.6) is 0 Å². The van der Waals surface area contributed by atoms with E-state index in [0.717, 1.165) is 11.3 Å². The van der Waals surface area contributed by atoms with Gasteiger partial charge in [-0.05, 0) is 30.2 Å². The number of nitrogens with one attached hydrogen (secondary N) is 1. The van der Waals surface area contributed by atoms with Gasteiger partial charge in [0.2, 0.25) is 5.91 Å². The Bertz CT molecular complexity index is 585. The van der Waals surface area contributed by atoms with E-state index in [1.165, 1.54) is 0 Å². The Morgan fingerprint density at radius 2 is 1.80 bits per heavy atom. The first-order chi connectivity index (χ1) is 9.63. The average molecular weight is 272 g/mol. The maximum Gasteiger partial charge on any atom is 0.253 e. The number of Topliss-reactive ketones (excluding diaryl/α,β-unsaturated/α-hetero) is 1. The van der Waals surface area contributed by atoms with Gasteiger partial charge >= 0.3 is 0 Å². The average Bonchev–Trinajstić information content (AvgIpc) is 2.47. The molecule has 2 heterocycles. The molecule has 1 fully saturated rings. The monoisotopic (exact) mass is 272 g/mol. The number of hydrogen-bond acceptors (Lipinski definition) is 3. The van der Waals surface area contributed by atoms with E-state index >= 15 is 0 Å². The molecule has 0 saturated carbocycles. The van der Waals surface area contributed by atoms with Crippen molar-refractivity contribution in [1.29, 1.82) is 0 Å². The van der Waals surface area contributed by atoms with Crippen LogP contribution in [0.25, 0.3) is 0 Å². The van der Waals surface area contributed by atoms with Crippen LogP contribution in [0, 0.1) is 0 Å². The number of amides is 2. The number of hydrogen-bond donors (Lipinski definition) is 1. The summed E-state index contributed by atoms with van der Waals surface area (Å²) in [7, 11) is 0. The highest BCUT2D eigenvalue weighted by molar-refractivity contribution is 5.98. The summed E-state index contributed by atoms with van der Waals surface area (Å²) < 4.78 is 0. The highest BCUT2D eigenvalue weighted by atomic mass is 16.2. The maximum absolute atomic E-state index is 12.4. The number of carbonyl (C=O) groups is 3. The van der Waals surface area contributed by atoms with Gasteiger partial charge in [0, 0.05) is 43.6 Å². The Balaban J connectivity index is 1.79. The summed E-state index contributed by atoms with van der Waals surface area (Å²) in [4.78, 5) is 36.6. The molecule has 0 aliphatic carbocycles. The van der Waals surface area contributed by atoms with Crippen LogP contribution in [0.3, 0.4) is 0 Å². The van der Waals surface area contributed by atoms with Gasteiger partial charge in [0.1, 0.15) is 5.78 Å². The number of anilines is 1. The van der Waals surface area contributed by atoms with E-state index in [0.29, 0.717) is 44.3 Å². The highest BCUT2D eigenvalue weighted by Gasteiger charge is 2.23. The molecule has 0 atom stereocenters. The SMILES string of the molecule is O=C1CCN(C(=O)c2ccc3c(c2)CCC(=O)N3)CC1. The molecule has 0 aromatic heterocycles. The molecule has 2 aliphatic heterocycles. The largest absolute Gasteiger partial charge is 0.338 e. The molecule has 20 heavy (non-hydrogen) atoms. The van der Waals surface area contributed by atoms with Gasteiger partial charge < -0.3 is 10.2 Å². The molecule has 104 valence electrons. The van der Waals surface area contributed by atoms with E-state index in [1.54, 1.807) is 17.0 Å². The predicted molar refractivity (Wildman–Crippen MR) is 73.5 cm³/mol. The number of rotatable bonds is 1. The van der Waals surface area contributed by atoms with Gasteiger partial charge in [-0.2, -0.15) is 0 Å². The van der Waals surface area contributed by atoms with Gasteiger partial charge in [-0.15, -0.1) is 0 Å². The van der Waals surface area contributed by atoms with Gasteiger partial charge in [-0.1, -0.05) is 0 Å². The van der Waals surface area contributed by atoms with Crippen molar-refractivity contribution in [3.05, 3.63) is 29.3 Å². The minimum Gasteiger partial charge on any atom is -0.338 e. The molecule has 5 heteroatoms. The molecule has 0 unspecified atom stereocenters. The minimum absolute atomic E-state index is 0.0196. The van der Waals surface area contributed by atoms with Crippen LogP contribution < -0.4 is 5.32 Å². The van der Waals surface area contributed by atoms with E-state index in [4.69, 9.17) is 0 Å². The lowest BCUT2D eigenvalue weighted by molar-refractivity contribution is -0.121. The molecular formula is C15H16N2O3. The molecule has 1 aromatic carbocycles. The molecule has 2 amide bonds. The zero-order valence-electron chi connectivity index (χ0n) is 11.1. The molecule has 0 bridgehead atoms. The summed E-state index contributed by atoms with van der Waals surface area (Å²) in [6, 6.07) is 5.38.